The van der Waals surface area contributed by atoms with Gasteiger partial charge in [-0.05, 0) is 49.3 Å². The smallest absolute Gasteiger partial charge is 0.140 e. The van der Waals surface area contributed by atoms with E-state index in [1.54, 1.807) is 7.11 Å². The quantitative estimate of drug-likeness (QED) is 0.456. The summed E-state index contributed by atoms with van der Waals surface area (Å²) in [4.78, 5) is 0. The van der Waals surface area contributed by atoms with Crippen LogP contribution in [0.5, 0.6) is 0 Å². The third-order valence-electron chi connectivity index (χ3n) is 6.20. The van der Waals surface area contributed by atoms with E-state index in [-0.39, 0.29) is 12.2 Å². The molecular weight excluding hydrogens is 360 g/mol. The molecule has 4 nitrogen and oxygen atoms in total. The van der Waals surface area contributed by atoms with E-state index in [1.165, 1.54) is 17.6 Å². The SMILES string of the molecule is C#CC1OC2C(NCCC)CCC3C(NCC=C)CC(/C=C\COC)=C1C32.CC. The van der Waals surface area contributed by atoms with Crippen molar-refractivity contribution in [1.29, 1.82) is 0 Å². The Morgan fingerprint density at radius 1 is 1.28 bits per heavy atom. The van der Waals surface area contributed by atoms with Crippen molar-refractivity contribution in [2.24, 2.45) is 11.8 Å². The Balaban J connectivity index is 0.00000145. The summed E-state index contributed by atoms with van der Waals surface area (Å²) in [5, 5.41) is 7.42. The molecule has 0 aromatic rings. The average molecular weight is 401 g/mol. The number of ether oxygens (including phenoxy) is 2. The summed E-state index contributed by atoms with van der Waals surface area (Å²) in [6.45, 7) is 12.6. The van der Waals surface area contributed by atoms with Crippen LogP contribution in [0.1, 0.15) is 46.5 Å². The molecule has 2 aliphatic carbocycles. The van der Waals surface area contributed by atoms with Crippen LogP contribution in [0, 0.1) is 24.2 Å². The first-order valence-corrected chi connectivity index (χ1v) is 11.3. The second-order valence-electron chi connectivity index (χ2n) is 7.82. The van der Waals surface area contributed by atoms with Crippen molar-refractivity contribution in [2.75, 3.05) is 26.8 Å². The molecule has 4 heteroatoms. The number of allylic oxidation sites excluding steroid dienone is 1. The highest BCUT2D eigenvalue weighted by molar-refractivity contribution is 5.42. The van der Waals surface area contributed by atoms with E-state index in [0.29, 0.717) is 30.5 Å². The van der Waals surface area contributed by atoms with Crippen LogP contribution in [0.25, 0.3) is 0 Å². The lowest BCUT2D eigenvalue weighted by atomic mass is 9.63. The topological polar surface area (TPSA) is 42.5 Å². The van der Waals surface area contributed by atoms with Gasteiger partial charge in [0.25, 0.3) is 0 Å². The first kappa shape index (κ1) is 23.9. The summed E-state index contributed by atoms with van der Waals surface area (Å²) >= 11 is 0. The summed E-state index contributed by atoms with van der Waals surface area (Å²) in [5.41, 5.74) is 2.68. The number of nitrogens with one attached hydrogen (secondary N) is 2. The van der Waals surface area contributed by atoms with Crippen molar-refractivity contribution >= 4 is 0 Å². The molecule has 0 spiro atoms. The van der Waals surface area contributed by atoms with Crippen molar-refractivity contribution in [3.8, 4) is 12.3 Å². The molecule has 2 fully saturated rings. The van der Waals surface area contributed by atoms with Crippen molar-refractivity contribution in [3.05, 3.63) is 36.0 Å². The lowest BCUT2D eigenvalue weighted by Gasteiger charge is -2.45. The second-order valence-corrected chi connectivity index (χ2v) is 7.82. The molecule has 1 saturated heterocycles. The zero-order valence-electron chi connectivity index (χ0n) is 18.7. The first-order chi connectivity index (χ1) is 14.2. The van der Waals surface area contributed by atoms with Gasteiger partial charge >= 0.3 is 0 Å². The van der Waals surface area contributed by atoms with Crippen LogP contribution < -0.4 is 10.6 Å². The average Bonchev–Trinajstić information content (AvgIpc) is 3.16. The van der Waals surface area contributed by atoms with Crippen molar-refractivity contribution in [3.63, 3.8) is 0 Å². The lowest BCUT2D eigenvalue weighted by Crippen LogP contribution is -2.54. The maximum absolute atomic E-state index is 6.46. The summed E-state index contributed by atoms with van der Waals surface area (Å²) in [6.07, 6.45) is 16.6. The molecule has 6 unspecified atom stereocenters. The van der Waals surface area contributed by atoms with Crippen LogP contribution in [0.2, 0.25) is 0 Å². The number of hydrogen-bond donors (Lipinski definition) is 2. The van der Waals surface area contributed by atoms with Gasteiger partial charge in [0.1, 0.15) is 6.10 Å². The Bertz CT molecular complexity index is 619. The fourth-order valence-corrected chi connectivity index (χ4v) is 5.13. The third kappa shape index (κ3) is 5.41. The number of terminal acetylenes is 1. The minimum Gasteiger partial charge on any atom is -0.381 e. The zero-order valence-corrected chi connectivity index (χ0v) is 18.7. The lowest BCUT2D eigenvalue weighted by molar-refractivity contribution is -0.00683. The van der Waals surface area contributed by atoms with Gasteiger partial charge in [-0.3, -0.25) is 0 Å². The minimum atomic E-state index is -0.200. The summed E-state index contributed by atoms with van der Waals surface area (Å²) in [5.74, 6) is 3.89. The fourth-order valence-electron chi connectivity index (χ4n) is 5.13. The second kappa shape index (κ2) is 12.3. The standard InChI is InChI=1S/C23H34N2O2.C2H6/c1-5-12-24-18-11-10-17-19(25-13-6-2)15-16(9-8-14-26-4)21-20(7-3)27-23(18)22(17)21;1-2/h3,6,8-9,17-20,22-25H,2,5,10-15H2,1,4H3;1-2H3/b9-8-;. The molecule has 1 saturated carbocycles. The van der Waals surface area contributed by atoms with Crippen molar-refractivity contribution < 1.29 is 9.47 Å². The van der Waals surface area contributed by atoms with Crippen LogP contribution in [0.15, 0.2) is 36.0 Å². The van der Waals surface area contributed by atoms with E-state index < -0.39 is 0 Å². The van der Waals surface area contributed by atoms with E-state index in [2.05, 4.69) is 42.2 Å². The van der Waals surface area contributed by atoms with Gasteiger partial charge in [-0.1, -0.05) is 44.9 Å². The van der Waals surface area contributed by atoms with Crippen LogP contribution in [0.4, 0.5) is 0 Å². The van der Waals surface area contributed by atoms with Gasteiger partial charge < -0.3 is 20.1 Å². The van der Waals surface area contributed by atoms with Gasteiger partial charge in [-0.25, -0.2) is 0 Å². The number of hydrogen-bond acceptors (Lipinski definition) is 4. The molecule has 3 aliphatic rings. The molecule has 29 heavy (non-hydrogen) atoms. The number of rotatable bonds is 9. The van der Waals surface area contributed by atoms with Crippen LogP contribution in [0.3, 0.4) is 0 Å². The Morgan fingerprint density at radius 3 is 2.72 bits per heavy atom. The summed E-state index contributed by atoms with van der Waals surface area (Å²) < 4.78 is 11.7. The highest BCUT2D eigenvalue weighted by Crippen LogP contribution is 2.51. The largest absolute Gasteiger partial charge is 0.381 e. The Labute approximate surface area is 178 Å². The molecule has 0 bridgehead atoms. The van der Waals surface area contributed by atoms with Gasteiger partial charge in [0, 0.05) is 31.7 Å². The van der Waals surface area contributed by atoms with Gasteiger partial charge in [0.2, 0.25) is 0 Å². The van der Waals surface area contributed by atoms with E-state index >= 15 is 0 Å². The molecule has 3 rings (SSSR count). The molecule has 1 heterocycles. The highest BCUT2D eigenvalue weighted by atomic mass is 16.5. The molecule has 6 atom stereocenters. The van der Waals surface area contributed by atoms with E-state index in [9.17, 15) is 0 Å². The minimum absolute atomic E-state index is 0.172. The first-order valence-electron chi connectivity index (χ1n) is 11.3. The molecule has 2 N–H and O–H groups in total. The molecule has 0 radical (unpaired) electrons. The predicted molar refractivity (Wildman–Crippen MR) is 122 cm³/mol. The van der Waals surface area contributed by atoms with Gasteiger partial charge in [0.15, 0.2) is 0 Å². The molecule has 0 aromatic heterocycles. The van der Waals surface area contributed by atoms with Crippen molar-refractivity contribution in [1.82, 2.24) is 10.6 Å². The monoisotopic (exact) mass is 400 g/mol. The highest BCUT2D eigenvalue weighted by Gasteiger charge is 2.53. The zero-order chi connectivity index (χ0) is 21.2. The maximum atomic E-state index is 6.46. The normalized spacial score (nSPS) is 33.1. The van der Waals surface area contributed by atoms with Gasteiger partial charge in [-0.2, -0.15) is 0 Å². The Morgan fingerprint density at radius 2 is 2.07 bits per heavy atom. The van der Waals surface area contributed by atoms with Crippen LogP contribution in [-0.2, 0) is 9.47 Å². The van der Waals surface area contributed by atoms with E-state index in [0.717, 1.165) is 32.4 Å². The third-order valence-corrected chi connectivity index (χ3v) is 6.20. The molecular formula is C25H40N2O2. The number of methoxy groups -OCH3 is 1. The summed E-state index contributed by atoms with van der Waals surface area (Å²) in [6, 6.07) is 0.829. The Kier molecular flexibility index (Phi) is 10.2. The molecule has 0 aromatic carbocycles. The van der Waals surface area contributed by atoms with Gasteiger partial charge in [-0.15, -0.1) is 13.0 Å². The molecule has 1 aliphatic heterocycles. The molecule has 162 valence electrons. The molecule has 0 amide bonds. The van der Waals surface area contributed by atoms with Crippen molar-refractivity contribution in [2.45, 2.75) is 70.7 Å². The predicted octanol–water partition coefficient (Wildman–Crippen LogP) is 3.85. The summed E-state index contributed by atoms with van der Waals surface area (Å²) in [7, 11) is 1.72. The van der Waals surface area contributed by atoms with Crippen LogP contribution >= 0.6 is 0 Å². The Hall–Kier alpha value is -1.38. The van der Waals surface area contributed by atoms with E-state index in [1.807, 2.05) is 19.9 Å². The van der Waals surface area contributed by atoms with E-state index in [4.69, 9.17) is 15.9 Å². The fraction of sp³-hybridized carbons (Fsp3) is 0.680. The van der Waals surface area contributed by atoms with Crippen LogP contribution in [-0.4, -0.2) is 51.1 Å². The maximum Gasteiger partial charge on any atom is 0.140 e. The van der Waals surface area contributed by atoms with Gasteiger partial charge in [0.05, 0.1) is 12.7 Å².